The summed E-state index contributed by atoms with van der Waals surface area (Å²) >= 11 is 1.27. The molecule has 0 unspecified atom stereocenters. The number of amides is 1. The molecule has 1 heterocycles. The molecule has 1 aliphatic rings. The number of methoxy groups -OCH3 is 2. The van der Waals surface area contributed by atoms with Crippen LogP contribution in [0.5, 0.6) is 11.5 Å². The van der Waals surface area contributed by atoms with Crippen molar-refractivity contribution in [1.82, 2.24) is 0 Å². The zero-order chi connectivity index (χ0) is 22.9. The number of para-hydroxylation sites is 2. The van der Waals surface area contributed by atoms with Crippen LogP contribution in [0.3, 0.4) is 0 Å². The maximum absolute atomic E-state index is 12.6. The van der Waals surface area contributed by atoms with Crippen molar-refractivity contribution >= 4 is 45.7 Å². The zero-order valence-electron chi connectivity index (χ0n) is 18.1. The van der Waals surface area contributed by atoms with Gasteiger partial charge in [-0.05, 0) is 25.1 Å². The Balaban J connectivity index is 1.72. The molecule has 2 aromatic carbocycles. The molecule has 8 nitrogen and oxygen atoms in total. The van der Waals surface area contributed by atoms with Gasteiger partial charge >= 0.3 is 5.97 Å². The number of rotatable bonds is 8. The molecule has 0 saturated heterocycles. The summed E-state index contributed by atoms with van der Waals surface area (Å²) in [6, 6.07) is 12.7. The van der Waals surface area contributed by atoms with Crippen LogP contribution in [0.15, 0.2) is 59.2 Å². The molecule has 1 amide bonds. The van der Waals surface area contributed by atoms with E-state index in [4.69, 9.17) is 14.2 Å². The number of aliphatic imine (C=N–C) groups is 1. The number of anilines is 2. The van der Waals surface area contributed by atoms with Crippen molar-refractivity contribution in [2.24, 2.45) is 4.99 Å². The molecule has 0 saturated carbocycles. The lowest BCUT2D eigenvalue weighted by molar-refractivity contribution is -0.142. The van der Waals surface area contributed by atoms with Gasteiger partial charge in [0.15, 0.2) is 0 Å². The first-order valence-corrected chi connectivity index (χ1v) is 11.0. The Morgan fingerprint density at radius 2 is 1.81 bits per heavy atom. The second-order valence-corrected chi connectivity index (χ2v) is 7.68. The Morgan fingerprint density at radius 1 is 1.09 bits per heavy atom. The van der Waals surface area contributed by atoms with Crippen LogP contribution in [0, 0.1) is 0 Å². The fraction of sp³-hybridized carbons (Fsp3) is 0.261. The average molecular weight is 456 g/mol. The summed E-state index contributed by atoms with van der Waals surface area (Å²) < 4.78 is 15.5. The third kappa shape index (κ3) is 6.52. The normalized spacial score (nSPS) is 12.3. The largest absolute Gasteiger partial charge is 0.497 e. The number of benzene rings is 2. The molecule has 2 aromatic rings. The summed E-state index contributed by atoms with van der Waals surface area (Å²) in [5, 5.41) is 6.69. The minimum Gasteiger partial charge on any atom is -0.497 e. The summed E-state index contributed by atoms with van der Waals surface area (Å²) in [4.78, 5) is 29.2. The second-order valence-electron chi connectivity index (χ2n) is 6.68. The van der Waals surface area contributed by atoms with E-state index in [2.05, 4.69) is 15.6 Å². The first kappa shape index (κ1) is 23.2. The summed E-state index contributed by atoms with van der Waals surface area (Å²) in [5.74, 6) is 0.742. The van der Waals surface area contributed by atoms with Crippen molar-refractivity contribution in [3.05, 3.63) is 54.2 Å². The van der Waals surface area contributed by atoms with Gasteiger partial charge in [-0.25, -0.2) is 4.99 Å². The van der Waals surface area contributed by atoms with Crippen molar-refractivity contribution in [2.45, 2.75) is 13.3 Å². The molecule has 0 fully saturated rings. The first-order valence-electron chi connectivity index (χ1n) is 9.97. The molecule has 3 rings (SSSR count). The maximum atomic E-state index is 12.6. The van der Waals surface area contributed by atoms with Gasteiger partial charge in [0.2, 0.25) is 5.91 Å². The molecular formula is C23H25N3O5S. The van der Waals surface area contributed by atoms with Gasteiger partial charge in [-0.15, -0.1) is 0 Å². The molecule has 0 atom stereocenters. The minimum atomic E-state index is -0.334. The Hall–Kier alpha value is -3.46. The topological polar surface area (TPSA) is 98.3 Å². The fourth-order valence-electron chi connectivity index (χ4n) is 2.94. The van der Waals surface area contributed by atoms with Crippen molar-refractivity contribution in [3.8, 4) is 11.5 Å². The number of fused-ring (bicyclic) bond motifs is 1. The van der Waals surface area contributed by atoms with Crippen LogP contribution in [-0.2, 0) is 14.3 Å². The van der Waals surface area contributed by atoms with Gasteiger partial charge in [-0.2, -0.15) is 0 Å². The van der Waals surface area contributed by atoms with Crippen LogP contribution in [-0.4, -0.2) is 43.5 Å². The number of thioether (sulfide) groups is 1. The molecule has 1 aliphatic heterocycles. The SMILES string of the molecule is CCOC(=O)CC1=CC(SCC(=O)Nc2cc(OC)cc(OC)c2)=Nc2ccccc2N1. The summed E-state index contributed by atoms with van der Waals surface area (Å²) in [5.41, 5.74) is 2.73. The third-order valence-corrected chi connectivity index (χ3v) is 5.27. The molecule has 168 valence electrons. The smallest absolute Gasteiger partial charge is 0.311 e. The molecule has 9 heteroatoms. The van der Waals surface area contributed by atoms with Crippen molar-refractivity contribution < 1.29 is 23.8 Å². The van der Waals surface area contributed by atoms with Crippen LogP contribution in [0.1, 0.15) is 13.3 Å². The van der Waals surface area contributed by atoms with Crippen molar-refractivity contribution in [1.29, 1.82) is 0 Å². The first-order chi connectivity index (χ1) is 15.5. The number of hydrogen-bond acceptors (Lipinski definition) is 8. The highest BCUT2D eigenvalue weighted by atomic mass is 32.2. The van der Waals surface area contributed by atoms with E-state index in [1.54, 1.807) is 45.4 Å². The number of carbonyl (C=O) groups excluding carboxylic acids is 2. The predicted molar refractivity (Wildman–Crippen MR) is 127 cm³/mol. The van der Waals surface area contributed by atoms with E-state index in [-0.39, 0.29) is 24.1 Å². The lowest BCUT2D eigenvalue weighted by atomic mass is 10.2. The summed E-state index contributed by atoms with van der Waals surface area (Å²) in [6.07, 6.45) is 1.85. The van der Waals surface area contributed by atoms with Crippen molar-refractivity contribution in [2.75, 3.05) is 37.2 Å². The molecule has 0 bridgehead atoms. The molecule has 32 heavy (non-hydrogen) atoms. The molecule has 0 aromatic heterocycles. The van der Waals surface area contributed by atoms with Crippen LogP contribution in [0.4, 0.5) is 17.1 Å². The van der Waals surface area contributed by atoms with Gasteiger partial charge in [-0.3, -0.25) is 9.59 Å². The fourth-order valence-corrected chi connectivity index (χ4v) is 3.68. The zero-order valence-corrected chi connectivity index (χ0v) is 19.0. The Bertz CT molecular complexity index is 1030. The maximum Gasteiger partial charge on any atom is 0.311 e. The van der Waals surface area contributed by atoms with Gasteiger partial charge in [0, 0.05) is 29.6 Å². The van der Waals surface area contributed by atoms with E-state index < -0.39 is 0 Å². The predicted octanol–water partition coefficient (Wildman–Crippen LogP) is 4.37. The number of nitrogens with zero attached hydrogens (tertiary/aromatic N) is 1. The van der Waals surface area contributed by atoms with Gasteiger partial charge < -0.3 is 24.8 Å². The van der Waals surface area contributed by atoms with E-state index in [1.165, 1.54) is 11.8 Å². The lowest BCUT2D eigenvalue weighted by Crippen LogP contribution is -2.15. The Morgan fingerprint density at radius 3 is 2.50 bits per heavy atom. The number of esters is 1. The number of ether oxygens (including phenoxy) is 3. The minimum absolute atomic E-state index is 0.0809. The molecule has 2 N–H and O–H groups in total. The molecule has 0 spiro atoms. The lowest BCUT2D eigenvalue weighted by Gasteiger charge is -2.10. The van der Waals surface area contributed by atoms with E-state index >= 15 is 0 Å². The number of nitrogens with one attached hydrogen (secondary N) is 2. The van der Waals surface area contributed by atoms with E-state index in [9.17, 15) is 9.59 Å². The van der Waals surface area contributed by atoms with E-state index in [0.717, 1.165) is 11.4 Å². The standard InChI is InChI=1S/C23H25N3O5S/c1-4-31-23(28)12-16-11-22(26-20-8-6-5-7-19(20)24-16)32-14-21(27)25-15-9-17(29-2)13-18(10-15)30-3/h5-11,13,24H,4,12,14H2,1-3H3,(H,25,27). The number of hydrogen-bond donors (Lipinski definition) is 2. The van der Waals surface area contributed by atoms with Gasteiger partial charge in [0.1, 0.15) is 11.5 Å². The molecule has 0 aliphatic carbocycles. The molecular weight excluding hydrogens is 430 g/mol. The average Bonchev–Trinajstić information content (AvgIpc) is 2.96. The summed E-state index contributed by atoms with van der Waals surface area (Å²) in [7, 11) is 3.10. The highest BCUT2D eigenvalue weighted by Crippen LogP contribution is 2.31. The quantitative estimate of drug-likeness (QED) is 0.571. The third-order valence-electron chi connectivity index (χ3n) is 4.35. The van der Waals surface area contributed by atoms with Crippen LogP contribution < -0.4 is 20.1 Å². The Labute approximate surface area is 191 Å². The number of carbonyl (C=O) groups is 2. The van der Waals surface area contributed by atoms with Gasteiger partial charge in [-0.1, -0.05) is 23.9 Å². The highest BCUT2D eigenvalue weighted by molar-refractivity contribution is 8.14. The van der Waals surface area contributed by atoms with Crippen LogP contribution >= 0.6 is 11.8 Å². The van der Waals surface area contributed by atoms with Crippen LogP contribution in [0.25, 0.3) is 0 Å². The van der Waals surface area contributed by atoms with Crippen LogP contribution in [0.2, 0.25) is 0 Å². The highest BCUT2D eigenvalue weighted by Gasteiger charge is 2.16. The molecule has 0 radical (unpaired) electrons. The Kier molecular flexibility index (Phi) is 8.15. The second kappa shape index (κ2) is 11.2. The summed E-state index contributed by atoms with van der Waals surface area (Å²) in [6.45, 7) is 2.08. The monoisotopic (exact) mass is 455 g/mol. The van der Waals surface area contributed by atoms with E-state index in [1.807, 2.05) is 24.3 Å². The van der Waals surface area contributed by atoms with Gasteiger partial charge in [0.05, 0.1) is 49.4 Å². The van der Waals surface area contributed by atoms with E-state index in [0.29, 0.717) is 34.5 Å². The van der Waals surface area contributed by atoms with Crippen molar-refractivity contribution in [3.63, 3.8) is 0 Å². The van der Waals surface area contributed by atoms with Gasteiger partial charge in [0.25, 0.3) is 0 Å².